The van der Waals surface area contributed by atoms with Gasteiger partial charge in [0, 0.05) is 12.1 Å². The van der Waals surface area contributed by atoms with Crippen LogP contribution in [0, 0.1) is 12.8 Å². The molecule has 1 aliphatic heterocycles. The normalized spacial score (nSPS) is 23.6. The number of hydrazone groups is 1. The maximum Gasteiger partial charge on any atom is 0.247 e. The Hall–Kier alpha value is -1.36. The number of hydrogen-bond donors (Lipinski definition) is 0. The zero-order valence-electron chi connectivity index (χ0n) is 13.3. The first kappa shape index (κ1) is 15.5. The van der Waals surface area contributed by atoms with E-state index < -0.39 is 10.0 Å². The van der Waals surface area contributed by atoms with Crippen LogP contribution in [0.2, 0.25) is 0 Å². The molecule has 2 aliphatic rings. The minimum Gasteiger partial charge on any atom is -0.205 e. The third-order valence-corrected chi connectivity index (χ3v) is 5.79. The molecule has 120 valence electrons. The van der Waals surface area contributed by atoms with E-state index in [-0.39, 0.29) is 6.04 Å². The van der Waals surface area contributed by atoms with Crippen LogP contribution in [-0.2, 0) is 10.0 Å². The van der Waals surface area contributed by atoms with Crippen LogP contribution in [0.25, 0.3) is 0 Å². The fraction of sp³-hybridized carbons (Fsp3) is 0.588. The van der Waals surface area contributed by atoms with Crippen LogP contribution < -0.4 is 0 Å². The minimum absolute atomic E-state index is 0.174. The van der Waals surface area contributed by atoms with Gasteiger partial charge in [0.1, 0.15) is 0 Å². The van der Waals surface area contributed by atoms with Crippen LogP contribution in [0.5, 0.6) is 0 Å². The van der Waals surface area contributed by atoms with E-state index in [9.17, 15) is 8.42 Å². The summed E-state index contributed by atoms with van der Waals surface area (Å²) in [5, 5.41) is 4.53. The molecule has 1 aromatic rings. The van der Waals surface area contributed by atoms with Gasteiger partial charge in [0.2, 0.25) is 10.0 Å². The minimum atomic E-state index is -3.34. The Morgan fingerprint density at radius 1 is 1.09 bits per heavy atom. The molecule has 1 aromatic carbocycles. The molecule has 1 aliphatic carbocycles. The second kappa shape index (κ2) is 6.03. The van der Waals surface area contributed by atoms with Crippen LogP contribution in [0.1, 0.15) is 55.7 Å². The van der Waals surface area contributed by atoms with Crippen molar-refractivity contribution in [2.75, 3.05) is 6.26 Å². The van der Waals surface area contributed by atoms with E-state index in [0.717, 1.165) is 30.5 Å². The molecule has 0 N–H and O–H groups in total. The summed E-state index contributed by atoms with van der Waals surface area (Å²) in [5.74, 6) is 0.466. The first-order chi connectivity index (χ1) is 10.4. The molecule has 0 aromatic heterocycles. The molecule has 0 radical (unpaired) electrons. The smallest absolute Gasteiger partial charge is 0.205 e. The van der Waals surface area contributed by atoms with Gasteiger partial charge in [0.25, 0.3) is 0 Å². The maximum absolute atomic E-state index is 12.1. The van der Waals surface area contributed by atoms with Gasteiger partial charge in [0.05, 0.1) is 12.3 Å². The number of aryl methyl sites for hydroxylation is 1. The van der Waals surface area contributed by atoms with E-state index in [0.29, 0.717) is 5.92 Å². The van der Waals surface area contributed by atoms with Gasteiger partial charge in [-0.1, -0.05) is 49.1 Å². The lowest BCUT2D eigenvalue weighted by atomic mass is 9.83. The Bertz CT molecular complexity index is 658. The third-order valence-electron chi connectivity index (χ3n) is 4.77. The molecule has 0 saturated heterocycles. The number of benzene rings is 1. The number of hydrogen-bond acceptors (Lipinski definition) is 3. The molecular weight excluding hydrogens is 296 g/mol. The number of nitrogens with zero attached hydrogens (tertiary/aromatic N) is 2. The molecular formula is C17H24N2O2S. The summed E-state index contributed by atoms with van der Waals surface area (Å²) in [7, 11) is -3.34. The lowest BCUT2D eigenvalue weighted by Crippen LogP contribution is -2.25. The summed E-state index contributed by atoms with van der Waals surface area (Å²) in [6, 6.07) is 7.95. The molecule has 22 heavy (non-hydrogen) atoms. The van der Waals surface area contributed by atoms with Crippen molar-refractivity contribution >= 4 is 15.7 Å². The molecule has 0 unspecified atom stereocenters. The largest absolute Gasteiger partial charge is 0.247 e. The Balaban J connectivity index is 1.89. The zero-order valence-corrected chi connectivity index (χ0v) is 14.1. The summed E-state index contributed by atoms with van der Waals surface area (Å²) < 4.78 is 25.6. The van der Waals surface area contributed by atoms with Crippen LogP contribution in [-0.4, -0.2) is 24.8 Å². The predicted molar refractivity (Wildman–Crippen MR) is 89.2 cm³/mol. The van der Waals surface area contributed by atoms with Crippen molar-refractivity contribution in [1.29, 1.82) is 0 Å². The summed E-state index contributed by atoms with van der Waals surface area (Å²) >= 11 is 0. The molecule has 0 spiro atoms. The highest BCUT2D eigenvalue weighted by atomic mass is 32.2. The second-order valence-corrected chi connectivity index (χ2v) is 8.43. The van der Waals surface area contributed by atoms with E-state index >= 15 is 0 Å². The lowest BCUT2D eigenvalue weighted by molar-refractivity contribution is 0.375. The van der Waals surface area contributed by atoms with E-state index in [1.54, 1.807) is 0 Å². The van der Waals surface area contributed by atoms with E-state index in [4.69, 9.17) is 0 Å². The first-order valence-electron chi connectivity index (χ1n) is 8.08. The van der Waals surface area contributed by atoms with Gasteiger partial charge in [0.15, 0.2) is 0 Å². The molecule has 0 amide bonds. The van der Waals surface area contributed by atoms with Crippen molar-refractivity contribution < 1.29 is 8.42 Å². The van der Waals surface area contributed by atoms with Gasteiger partial charge in [-0.25, -0.2) is 8.42 Å². The van der Waals surface area contributed by atoms with Crippen molar-refractivity contribution in [2.45, 2.75) is 51.5 Å². The lowest BCUT2D eigenvalue weighted by Gasteiger charge is -2.22. The van der Waals surface area contributed by atoms with E-state index in [2.05, 4.69) is 5.10 Å². The van der Waals surface area contributed by atoms with Crippen LogP contribution >= 0.6 is 0 Å². The Morgan fingerprint density at radius 3 is 2.32 bits per heavy atom. The van der Waals surface area contributed by atoms with Crippen LogP contribution in [0.3, 0.4) is 0 Å². The Morgan fingerprint density at radius 2 is 1.73 bits per heavy atom. The summed E-state index contributed by atoms with van der Waals surface area (Å²) in [5.41, 5.74) is 3.29. The van der Waals surface area contributed by atoms with Crippen molar-refractivity contribution in [1.82, 2.24) is 4.41 Å². The second-order valence-electron chi connectivity index (χ2n) is 6.59. The topological polar surface area (TPSA) is 49.7 Å². The molecule has 1 atom stereocenters. The van der Waals surface area contributed by atoms with Gasteiger partial charge < -0.3 is 0 Å². The van der Waals surface area contributed by atoms with Crippen molar-refractivity contribution in [2.24, 2.45) is 11.0 Å². The van der Waals surface area contributed by atoms with Crippen molar-refractivity contribution in [3.63, 3.8) is 0 Å². The first-order valence-corrected chi connectivity index (χ1v) is 9.93. The average molecular weight is 320 g/mol. The monoisotopic (exact) mass is 320 g/mol. The zero-order chi connectivity index (χ0) is 15.7. The molecule has 3 rings (SSSR count). The van der Waals surface area contributed by atoms with E-state index in [1.807, 2.05) is 31.2 Å². The van der Waals surface area contributed by atoms with Crippen molar-refractivity contribution in [3.05, 3.63) is 35.4 Å². The summed E-state index contributed by atoms with van der Waals surface area (Å²) in [4.78, 5) is 0. The fourth-order valence-corrected chi connectivity index (χ4v) is 4.45. The number of sulfonamides is 1. The molecule has 1 heterocycles. The fourth-order valence-electron chi connectivity index (χ4n) is 3.54. The van der Waals surface area contributed by atoms with Crippen LogP contribution in [0.4, 0.5) is 0 Å². The highest BCUT2D eigenvalue weighted by Crippen LogP contribution is 2.38. The van der Waals surface area contributed by atoms with Crippen LogP contribution in [0.15, 0.2) is 29.4 Å². The maximum atomic E-state index is 12.1. The molecule has 5 heteroatoms. The Labute approximate surface area is 133 Å². The summed E-state index contributed by atoms with van der Waals surface area (Å²) in [6.07, 6.45) is 8.05. The van der Waals surface area contributed by atoms with Gasteiger partial charge >= 0.3 is 0 Å². The van der Waals surface area contributed by atoms with Gasteiger partial charge in [-0.2, -0.15) is 9.52 Å². The quantitative estimate of drug-likeness (QED) is 0.854. The van der Waals surface area contributed by atoms with Gasteiger partial charge in [-0.05, 0) is 31.2 Å². The Kier molecular flexibility index (Phi) is 4.26. The number of rotatable bonds is 3. The van der Waals surface area contributed by atoms with Gasteiger partial charge in [-0.15, -0.1) is 0 Å². The molecule has 4 nitrogen and oxygen atoms in total. The van der Waals surface area contributed by atoms with Crippen molar-refractivity contribution in [3.8, 4) is 0 Å². The average Bonchev–Trinajstić information content (AvgIpc) is 2.94. The predicted octanol–water partition coefficient (Wildman–Crippen LogP) is 3.64. The SMILES string of the molecule is Cc1ccc([C@H]2CC(C3CCCCC3)=NN2S(C)(=O)=O)cc1. The third kappa shape index (κ3) is 3.19. The highest BCUT2D eigenvalue weighted by Gasteiger charge is 2.36. The molecule has 1 fully saturated rings. The van der Waals surface area contributed by atoms with E-state index in [1.165, 1.54) is 35.5 Å². The molecule has 0 bridgehead atoms. The standard InChI is InChI=1S/C17H24N2O2S/c1-13-8-10-15(11-9-13)17-12-16(14-6-4-3-5-7-14)18-19(17)22(2,20)21/h8-11,14,17H,3-7,12H2,1-2H3/t17-/m1/s1. The summed E-state index contributed by atoms with van der Waals surface area (Å²) in [6.45, 7) is 2.04. The molecule has 1 saturated carbocycles. The van der Waals surface area contributed by atoms with Gasteiger partial charge in [-0.3, -0.25) is 0 Å². The highest BCUT2D eigenvalue weighted by molar-refractivity contribution is 7.88.